The minimum absolute atomic E-state index is 0.0699. The molecule has 2 heterocycles. The maximum atomic E-state index is 12.3. The predicted molar refractivity (Wildman–Crippen MR) is 94.4 cm³/mol. The van der Waals surface area contributed by atoms with Gasteiger partial charge >= 0.3 is 0 Å². The van der Waals surface area contributed by atoms with Gasteiger partial charge in [-0.05, 0) is 11.4 Å². The normalized spacial score (nSPS) is 12.0. The van der Waals surface area contributed by atoms with Crippen molar-refractivity contribution in [3.63, 3.8) is 0 Å². The third kappa shape index (κ3) is 4.54. The minimum atomic E-state index is -0.333. The van der Waals surface area contributed by atoms with Crippen LogP contribution in [0.5, 0.6) is 0 Å². The highest BCUT2D eigenvalue weighted by Crippen LogP contribution is 2.22. The number of aliphatic hydroxyl groups excluding tert-OH is 1. The first kappa shape index (κ1) is 17.3. The zero-order valence-electron chi connectivity index (χ0n) is 13.4. The van der Waals surface area contributed by atoms with Crippen LogP contribution < -0.4 is 5.32 Å². The van der Waals surface area contributed by atoms with Gasteiger partial charge in [0, 0.05) is 23.1 Å². The highest BCUT2D eigenvalue weighted by molar-refractivity contribution is 7.10. The summed E-state index contributed by atoms with van der Waals surface area (Å²) < 4.78 is 10.8. The molecular formula is C18H18N2O4S. The molecule has 1 atom stereocenters. The molecule has 25 heavy (non-hydrogen) atoms. The van der Waals surface area contributed by atoms with E-state index >= 15 is 0 Å². The molecule has 0 aliphatic carbocycles. The summed E-state index contributed by atoms with van der Waals surface area (Å²) in [7, 11) is 0. The van der Waals surface area contributed by atoms with Crippen LogP contribution >= 0.6 is 11.3 Å². The Morgan fingerprint density at radius 1 is 1.28 bits per heavy atom. The lowest BCUT2D eigenvalue weighted by molar-refractivity contribution is 0.0295. The van der Waals surface area contributed by atoms with Gasteiger partial charge in [-0.2, -0.15) is 0 Å². The molecule has 0 fully saturated rings. The van der Waals surface area contributed by atoms with Crippen LogP contribution in [0.2, 0.25) is 0 Å². The number of aliphatic hydroxyl groups is 1. The Morgan fingerprint density at radius 2 is 2.12 bits per heavy atom. The van der Waals surface area contributed by atoms with Gasteiger partial charge in [0.1, 0.15) is 6.10 Å². The van der Waals surface area contributed by atoms with Crippen molar-refractivity contribution >= 4 is 17.2 Å². The van der Waals surface area contributed by atoms with Crippen LogP contribution in [0.3, 0.4) is 0 Å². The maximum Gasteiger partial charge on any atom is 0.273 e. The van der Waals surface area contributed by atoms with Gasteiger partial charge in [-0.3, -0.25) is 4.79 Å². The lowest BCUT2D eigenvalue weighted by Gasteiger charge is -2.16. The second-order valence-electron chi connectivity index (χ2n) is 5.25. The molecule has 3 aromatic rings. The van der Waals surface area contributed by atoms with Gasteiger partial charge in [-0.1, -0.05) is 41.6 Å². The first-order valence-electron chi connectivity index (χ1n) is 7.84. The van der Waals surface area contributed by atoms with Crippen LogP contribution in [0.1, 0.15) is 21.5 Å². The molecule has 0 aliphatic heterocycles. The lowest BCUT2D eigenvalue weighted by atomic mass is 10.1. The highest BCUT2D eigenvalue weighted by atomic mass is 32.1. The van der Waals surface area contributed by atoms with E-state index in [0.29, 0.717) is 5.76 Å². The summed E-state index contributed by atoms with van der Waals surface area (Å²) >= 11 is 1.54. The van der Waals surface area contributed by atoms with Crippen molar-refractivity contribution in [3.05, 3.63) is 64.5 Å². The number of hydrogen-bond donors (Lipinski definition) is 2. The standard InChI is InChI=1S/C18H18N2O4S/c21-8-9-23-16(17-7-4-10-25-17)12-19-18(22)14-11-15(24-20-14)13-5-2-1-3-6-13/h1-7,10-11,16,21H,8-9,12H2,(H,19,22)/t16-/m0/s1. The van der Waals surface area contributed by atoms with Crippen molar-refractivity contribution in [2.75, 3.05) is 19.8 Å². The number of thiophene rings is 1. The number of carbonyl (C=O) groups is 1. The molecule has 0 bridgehead atoms. The fraction of sp³-hybridized carbons (Fsp3) is 0.222. The van der Waals surface area contributed by atoms with Gasteiger partial charge in [0.25, 0.3) is 5.91 Å². The molecule has 0 unspecified atom stereocenters. The predicted octanol–water partition coefficient (Wildman–Crippen LogP) is 2.88. The molecule has 7 heteroatoms. The third-order valence-corrected chi connectivity index (χ3v) is 4.48. The average molecular weight is 358 g/mol. The molecule has 0 saturated heterocycles. The zero-order valence-corrected chi connectivity index (χ0v) is 14.2. The molecular weight excluding hydrogens is 340 g/mol. The number of nitrogens with zero attached hydrogens (tertiary/aromatic N) is 1. The number of benzene rings is 1. The minimum Gasteiger partial charge on any atom is -0.394 e. The van der Waals surface area contributed by atoms with Gasteiger partial charge in [0.05, 0.1) is 13.2 Å². The van der Waals surface area contributed by atoms with Crippen LogP contribution in [0, 0.1) is 0 Å². The third-order valence-electron chi connectivity index (χ3n) is 3.52. The number of carbonyl (C=O) groups excluding carboxylic acids is 1. The SMILES string of the molecule is O=C(NC[C@H](OCCO)c1cccs1)c1cc(-c2ccccc2)on1. The molecule has 130 valence electrons. The van der Waals surface area contributed by atoms with Crippen molar-refractivity contribution in [1.29, 1.82) is 0 Å². The monoisotopic (exact) mass is 358 g/mol. The summed E-state index contributed by atoms with van der Waals surface area (Å²) in [6.07, 6.45) is -0.309. The van der Waals surface area contributed by atoms with E-state index < -0.39 is 0 Å². The summed E-state index contributed by atoms with van der Waals surface area (Å²) in [6, 6.07) is 14.9. The van der Waals surface area contributed by atoms with Gasteiger partial charge in [0.15, 0.2) is 11.5 Å². The van der Waals surface area contributed by atoms with E-state index in [2.05, 4.69) is 10.5 Å². The second-order valence-corrected chi connectivity index (χ2v) is 6.23. The molecule has 0 saturated carbocycles. The molecule has 1 aromatic carbocycles. The Bertz CT molecular complexity index is 787. The van der Waals surface area contributed by atoms with E-state index in [1.807, 2.05) is 47.8 Å². The molecule has 1 amide bonds. The van der Waals surface area contributed by atoms with Crippen LogP contribution in [0.25, 0.3) is 11.3 Å². The van der Waals surface area contributed by atoms with Crippen molar-refractivity contribution in [2.24, 2.45) is 0 Å². The van der Waals surface area contributed by atoms with E-state index in [0.717, 1.165) is 10.4 Å². The Labute approximate surface area is 149 Å². The Kier molecular flexibility index (Phi) is 5.95. The number of amides is 1. The molecule has 0 spiro atoms. The van der Waals surface area contributed by atoms with Crippen LogP contribution in [0.15, 0.2) is 58.4 Å². The number of nitrogens with one attached hydrogen (secondary N) is 1. The molecule has 6 nitrogen and oxygen atoms in total. The molecule has 0 aliphatic rings. The number of hydrogen-bond acceptors (Lipinski definition) is 6. The van der Waals surface area contributed by atoms with Crippen molar-refractivity contribution < 1.29 is 19.2 Å². The topological polar surface area (TPSA) is 84.6 Å². The van der Waals surface area contributed by atoms with Gasteiger partial charge in [0.2, 0.25) is 0 Å². The average Bonchev–Trinajstić information content (AvgIpc) is 3.34. The van der Waals surface area contributed by atoms with Crippen molar-refractivity contribution in [3.8, 4) is 11.3 Å². The van der Waals surface area contributed by atoms with Crippen LogP contribution in [-0.2, 0) is 4.74 Å². The quantitative estimate of drug-likeness (QED) is 0.647. The number of aromatic nitrogens is 1. The fourth-order valence-electron chi connectivity index (χ4n) is 2.31. The smallest absolute Gasteiger partial charge is 0.273 e. The summed E-state index contributed by atoms with van der Waals surface area (Å²) in [6.45, 7) is 0.424. The van der Waals surface area contributed by atoms with Crippen LogP contribution in [0.4, 0.5) is 0 Å². The van der Waals surface area contributed by atoms with E-state index in [9.17, 15) is 4.79 Å². The van der Waals surface area contributed by atoms with Crippen LogP contribution in [-0.4, -0.2) is 35.9 Å². The fourth-order valence-corrected chi connectivity index (χ4v) is 3.08. The summed E-state index contributed by atoms with van der Waals surface area (Å²) in [4.78, 5) is 13.3. The molecule has 3 rings (SSSR count). The number of ether oxygens (including phenoxy) is 1. The van der Waals surface area contributed by atoms with E-state index in [-0.39, 0.29) is 37.5 Å². The Morgan fingerprint density at radius 3 is 2.84 bits per heavy atom. The van der Waals surface area contributed by atoms with E-state index in [4.69, 9.17) is 14.4 Å². The summed E-state index contributed by atoms with van der Waals surface area (Å²) in [5.74, 6) is 0.206. The highest BCUT2D eigenvalue weighted by Gasteiger charge is 2.18. The second kappa shape index (κ2) is 8.57. The van der Waals surface area contributed by atoms with Gasteiger partial charge < -0.3 is 19.7 Å². The first-order valence-corrected chi connectivity index (χ1v) is 8.72. The van der Waals surface area contributed by atoms with E-state index in [1.165, 1.54) is 11.3 Å². The summed E-state index contributed by atoms with van der Waals surface area (Å²) in [5.41, 5.74) is 1.07. The molecule has 2 N–H and O–H groups in total. The Hall–Kier alpha value is -2.48. The van der Waals surface area contributed by atoms with Gasteiger partial charge in [-0.25, -0.2) is 0 Å². The molecule has 2 aromatic heterocycles. The summed E-state index contributed by atoms with van der Waals surface area (Å²) in [5, 5.41) is 17.5. The number of rotatable bonds is 8. The van der Waals surface area contributed by atoms with Crippen molar-refractivity contribution in [1.82, 2.24) is 10.5 Å². The van der Waals surface area contributed by atoms with Gasteiger partial charge in [-0.15, -0.1) is 11.3 Å². The zero-order chi connectivity index (χ0) is 17.5. The first-order chi connectivity index (χ1) is 12.3. The molecule has 0 radical (unpaired) electrons. The lowest BCUT2D eigenvalue weighted by Crippen LogP contribution is -2.29. The van der Waals surface area contributed by atoms with E-state index in [1.54, 1.807) is 6.07 Å². The Balaban J connectivity index is 1.62. The van der Waals surface area contributed by atoms with Crippen molar-refractivity contribution in [2.45, 2.75) is 6.10 Å². The largest absolute Gasteiger partial charge is 0.394 e. The maximum absolute atomic E-state index is 12.3.